The number of guanidine groups is 1. The molecule has 0 aromatic carbocycles. The van der Waals surface area contributed by atoms with Crippen LogP contribution >= 0.6 is 24.0 Å². The fourth-order valence-corrected chi connectivity index (χ4v) is 3.93. The summed E-state index contributed by atoms with van der Waals surface area (Å²) < 4.78 is 1.72. The van der Waals surface area contributed by atoms with Gasteiger partial charge in [0.05, 0.1) is 11.9 Å². The number of aryl methyl sites for hydroxylation is 1. The van der Waals surface area contributed by atoms with Crippen LogP contribution in [0.4, 0.5) is 5.69 Å². The zero-order valence-corrected chi connectivity index (χ0v) is 18.3. The van der Waals surface area contributed by atoms with Crippen molar-refractivity contribution in [3.8, 4) is 0 Å². The molecular weight excluding hydrogens is 443 g/mol. The minimum atomic E-state index is 0. The summed E-state index contributed by atoms with van der Waals surface area (Å²) >= 11 is 0. The first-order chi connectivity index (χ1) is 12.1. The molecule has 7 nitrogen and oxygen atoms in total. The molecule has 1 aromatic heterocycles. The van der Waals surface area contributed by atoms with Crippen LogP contribution in [0.2, 0.25) is 0 Å². The van der Waals surface area contributed by atoms with Crippen LogP contribution in [-0.2, 0) is 11.8 Å². The van der Waals surface area contributed by atoms with Crippen molar-refractivity contribution in [2.75, 3.05) is 38.1 Å². The molecule has 1 saturated heterocycles. The molecule has 146 valence electrons. The molecule has 1 saturated carbocycles. The van der Waals surface area contributed by atoms with Crippen LogP contribution in [-0.4, -0.2) is 59.8 Å². The summed E-state index contributed by atoms with van der Waals surface area (Å²) in [5, 5.41) is 7.67. The molecule has 2 heterocycles. The second-order valence-electron chi connectivity index (χ2n) is 7.29. The van der Waals surface area contributed by atoms with E-state index in [1.807, 2.05) is 13.2 Å². The quantitative estimate of drug-likeness (QED) is 0.414. The second-order valence-corrected chi connectivity index (χ2v) is 7.29. The highest BCUT2D eigenvalue weighted by Crippen LogP contribution is 2.28. The number of hydrogen-bond donors (Lipinski definition) is 1. The van der Waals surface area contributed by atoms with Crippen LogP contribution in [0.15, 0.2) is 17.4 Å². The number of piperazine rings is 1. The Morgan fingerprint density at radius 2 is 2.12 bits per heavy atom. The average Bonchev–Trinajstić information content (AvgIpc) is 3.03. The Balaban J connectivity index is 0.00000243. The molecule has 0 spiro atoms. The Morgan fingerprint density at radius 3 is 2.73 bits per heavy atom. The summed E-state index contributed by atoms with van der Waals surface area (Å²) in [5.74, 6) is 2.41. The van der Waals surface area contributed by atoms with Gasteiger partial charge < -0.3 is 15.1 Å². The lowest BCUT2D eigenvalue weighted by Gasteiger charge is -2.36. The van der Waals surface area contributed by atoms with Gasteiger partial charge in [-0.3, -0.25) is 14.5 Å². The van der Waals surface area contributed by atoms with Crippen molar-refractivity contribution < 1.29 is 4.79 Å². The minimum absolute atomic E-state index is 0. The van der Waals surface area contributed by atoms with Gasteiger partial charge in [-0.1, -0.05) is 26.2 Å². The zero-order chi connectivity index (χ0) is 17.8. The van der Waals surface area contributed by atoms with Crippen molar-refractivity contribution in [2.45, 2.75) is 32.6 Å². The van der Waals surface area contributed by atoms with Crippen LogP contribution in [0.5, 0.6) is 0 Å². The highest BCUT2D eigenvalue weighted by molar-refractivity contribution is 14.0. The van der Waals surface area contributed by atoms with Gasteiger partial charge in [-0.2, -0.15) is 5.10 Å². The van der Waals surface area contributed by atoms with Gasteiger partial charge in [0.2, 0.25) is 5.91 Å². The van der Waals surface area contributed by atoms with E-state index in [1.165, 1.54) is 25.7 Å². The molecule has 0 bridgehead atoms. The van der Waals surface area contributed by atoms with Gasteiger partial charge in [-0.25, -0.2) is 0 Å². The van der Waals surface area contributed by atoms with E-state index in [0.717, 1.165) is 30.7 Å². The van der Waals surface area contributed by atoms with Crippen molar-refractivity contribution in [3.63, 3.8) is 0 Å². The maximum absolute atomic E-state index is 12.6. The number of rotatable bonds is 3. The first-order valence-electron chi connectivity index (χ1n) is 9.33. The lowest BCUT2D eigenvalue weighted by molar-refractivity contribution is -0.120. The van der Waals surface area contributed by atoms with E-state index in [2.05, 4.69) is 27.2 Å². The standard InChI is InChI=1S/C18H30N6O.HI/c1-14-6-4-5-7-15(14)10-20-18(19-2)23-8-9-24(17(25)13-23)16-11-21-22(3)12-16;/h11-12,14-15H,4-10,13H2,1-3H3,(H,19,20);1H. The van der Waals surface area contributed by atoms with Crippen LogP contribution in [0, 0.1) is 11.8 Å². The van der Waals surface area contributed by atoms with Gasteiger partial charge in [0.25, 0.3) is 0 Å². The first kappa shape index (κ1) is 21.0. The van der Waals surface area contributed by atoms with Crippen LogP contribution in [0.3, 0.4) is 0 Å². The van der Waals surface area contributed by atoms with Gasteiger partial charge in [0.15, 0.2) is 5.96 Å². The van der Waals surface area contributed by atoms with Gasteiger partial charge in [-0.15, -0.1) is 24.0 Å². The van der Waals surface area contributed by atoms with E-state index in [1.54, 1.807) is 22.8 Å². The van der Waals surface area contributed by atoms with Crippen molar-refractivity contribution >= 4 is 41.5 Å². The SMILES string of the molecule is CN=C(NCC1CCCCC1C)N1CCN(c2cnn(C)c2)C(=O)C1.I. The Labute approximate surface area is 173 Å². The largest absolute Gasteiger partial charge is 0.356 e. The number of nitrogens with zero attached hydrogens (tertiary/aromatic N) is 5. The summed E-state index contributed by atoms with van der Waals surface area (Å²) in [6, 6.07) is 0. The van der Waals surface area contributed by atoms with Gasteiger partial charge in [0.1, 0.15) is 6.54 Å². The number of amides is 1. The molecule has 1 amide bonds. The maximum atomic E-state index is 12.6. The van der Waals surface area contributed by atoms with Crippen molar-refractivity contribution in [3.05, 3.63) is 12.4 Å². The second kappa shape index (κ2) is 9.57. The molecule has 8 heteroatoms. The fraction of sp³-hybridized carbons (Fsp3) is 0.722. The first-order valence-corrected chi connectivity index (χ1v) is 9.33. The molecule has 0 radical (unpaired) electrons. The number of carbonyl (C=O) groups excluding carboxylic acids is 1. The van der Waals surface area contributed by atoms with E-state index in [-0.39, 0.29) is 29.9 Å². The molecule has 2 fully saturated rings. The molecule has 1 aromatic rings. The smallest absolute Gasteiger partial charge is 0.246 e. The molecule has 1 N–H and O–H groups in total. The molecule has 26 heavy (non-hydrogen) atoms. The van der Waals surface area contributed by atoms with E-state index < -0.39 is 0 Å². The normalized spacial score (nSPS) is 24.4. The predicted molar refractivity (Wildman–Crippen MR) is 115 cm³/mol. The maximum Gasteiger partial charge on any atom is 0.246 e. The third kappa shape index (κ3) is 4.89. The molecule has 1 aliphatic heterocycles. The van der Waals surface area contributed by atoms with E-state index in [0.29, 0.717) is 19.0 Å². The third-order valence-electron chi connectivity index (χ3n) is 5.55. The predicted octanol–water partition coefficient (Wildman–Crippen LogP) is 2.09. The molecule has 2 atom stereocenters. The Kier molecular flexibility index (Phi) is 7.72. The van der Waals surface area contributed by atoms with E-state index in [9.17, 15) is 4.79 Å². The third-order valence-corrected chi connectivity index (χ3v) is 5.55. The van der Waals surface area contributed by atoms with Gasteiger partial charge in [-0.05, 0) is 18.3 Å². The number of carbonyl (C=O) groups is 1. The summed E-state index contributed by atoms with van der Waals surface area (Å²) in [6.07, 6.45) is 8.93. The number of anilines is 1. The summed E-state index contributed by atoms with van der Waals surface area (Å²) in [4.78, 5) is 20.8. The molecule has 1 aliphatic carbocycles. The number of hydrogen-bond acceptors (Lipinski definition) is 3. The van der Waals surface area contributed by atoms with E-state index >= 15 is 0 Å². The Hall–Kier alpha value is -1.32. The number of halogens is 1. The molecular formula is C18H31IN6O. The summed E-state index contributed by atoms with van der Waals surface area (Å²) in [6.45, 7) is 5.09. The summed E-state index contributed by atoms with van der Waals surface area (Å²) in [7, 11) is 3.66. The van der Waals surface area contributed by atoms with Crippen molar-refractivity contribution in [1.82, 2.24) is 20.0 Å². The lowest BCUT2D eigenvalue weighted by Crippen LogP contribution is -2.56. The lowest BCUT2D eigenvalue weighted by atomic mass is 9.80. The van der Waals surface area contributed by atoms with Gasteiger partial charge >= 0.3 is 0 Å². The highest BCUT2D eigenvalue weighted by atomic mass is 127. The number of aromatic nitrogens is 2. The fourth-order valence-electron chi connectivity index (χ4n) is 3.93. The monoisotopic (exact) mass is 474 g/mol. The highest BCUT2D eigenvalue weighted by Gasteiger charge is 2.28. The Morgan fingerprint density at radius 1 is 1.35 bits per heavy atom. The topological polar surface area (TPSA) is 65.8 Å². The van der Waals surface area contributed by atoms with E-state index in [4.69, 9.17) is 0 Å². The Bertz CT molecular complexity index is 631. The zero-order valence-electron chi connectivity index (χ0n) is 16.0. The van der Waals surface area contributed by atoms with Crippen molar-refractivity contribution in [2.24, 2.45) is 23.9 Å². The van der Waals surface area contributed by atoms with Crippen LogP contribution < -0.4 is 10.2 Å². The van der Waals surface area contributed by atoms with Gasteiger partial charge in [0, 0.05) is 39.9 Å². The van der Waals surface area contributed by atoms with Crippen LogP contribution in [0.25, 0.3) is 0 Å². The van der Waals surface area contributed by atoms with Crippen molar-refractivity contribution in [1.29, 1.82) is 0 Å². The van der Waals surface area contributed by atoms with Crippen LogP contribution in [0.1, 0.15) is 32.6 Å². The minimum Gasteiger partial charge on any atom is -0.356 e. The average molecular weight is 474 g/mol. The molecule has 3 rings (SSSR count). The number of aliphatic imine (C=N–C) groups is 1. The number of nitrogens with one attached hydrogen (secondary N) is 1. The molecule has 2 unspecified atom stereocenters. The molecule has 2 aliphatic rings. The summed E-state index contributed by atoms with van der Waals surface area (Å²) in [5.41, 5.74) is 0.867.